The summed E-state index contributed by atoms with van der Waals surface area (Å²) in [6.07, 6.45) is 3.84. The number of guanidine groups is 1. The molecule has 4 heterocycles. The van der Waals surface area contributed by atoms with Crippen molar-refractivity contribution >= 4 is 35.8 Å². The Labute approximate surface area is 213 Å². The number of aliphatic imine (C=N–C) groups is 1. The number of pyridine rings is 1. The first-order valence-corrected chi connectivity index (χ1v) is 11.5. The Kier molecular flexibility index (Phi) is 9.68. The predicted molar refractivity (Wildman–Crippen MR) is 140 cm³/mol. The van der Waals surface area contributed by atoms with Crippen molar-refractivity contribution in [3.63, 3.8) is 0 Å². The van der Waals surface area contributed by atoms with Gasteiger partial charge in [0, 0.05) is 58.5 Å². The van der Waals surface area contributed by atoms with E-state index in [1.165, 1.54) is 0 Å². The van der Waals surface area contributed by atoms with E-state index in [4.69, 9.17) is 9.73 Å². The average Bonchev–Trinajstić information content (AvgIpc) is 3.20. The van der Waals surface area contributed by atoms with E-state index in [1.807, 2.05) is 10.9 Å². The van der Waals surface area contributed by atoms with E-state index in [0.29, 0.717) is 13.2 Å². The Hall–Kier alpha value is -1.99. The average molecular weight is 569 g/mol. The van der Waals surface area contributed by atoms with Crippen LogP contribution in [0.15, 0.2) is 23.3 Å². The van der Waals surface area contributed by atoms with Gasteiger partial charge < -0.3 is 25.2 Å². The lowest BCUT2D eigenvalue weighted by Gasteiger charge is -2.33. The highest BCUT2D eigenvalue weighted by Gasteiger charge is 2.22. The van der Waals surface area contributed by atoms with Crippen LogP contribution in [0.2, 0.25) is 0 Å². The van der Waals surface area contributed by atoms with Gasteiger partial charge in [0.2, 0.25) is 0 Å². The molecule has 0 spiro atoms. The normalized spacial score (nSPS) is 19.1. The number of likely N-dealkylation sites (N-methyl/N-ethyl adjacent to an activating group) is 1. The molecular formula is C22H36IN9O. The first kappa shape index (κ1) is 25.6. The van der Waals surface area contributed by atoms with Crippen molar-refractivity contribution in [3.05, 3.63) is 35.5 Å². The third kappa shape index (κ3) is 7.00. The fourth-order valence-corrected chi connectivity index (χ4v) is 4.09. The summed E-state index contributed by atoms with van der Waals surface area (Å²) < 4.78 is 7.14. The molecule has 1 fully saturated rings. The first-order valence-electron chi connectivity index (χ1n) is 11.5. The summed E-state index contributed by atoms with van der Waals surface area (Å²) >= 11 is 0. The second kappa shape index (κ2) is 12.5. The molecule has 1 atom stereocenters. The highest BCUT2D eigenvalue weighted by atomic mass is 127. The molecule has 0 amide bonds. The molecule has 2 aliphatic rings. The van der Waals surface area contributed by atoms with Crippen molar-refractivity contribution < 1.29 is 4.74 Å². The summed E-state index contributed by atoms with van der Waals surface area (Å²) in [4.78, 5) is 18.7. The van der Waals surface area contributed by atoms with E-state index in [-0.39, 0.29) is 30.0 Å². The monoisotopic (exact) mass is 569 g/mol. The van der Waals surface area contributed by atoms with Crippen LogP contribution in [0.25, 0.3) is 0 Å². The van der Waals surface area contributed by atoms with Crippen molar-refractivity contribution in [1.29, 1.82) is 0 Å². The van der Waals surface area contributed by atoms with E-state index < -0.39 is 0 Å². The van der Waals surface area contributed by atoms with Gasteiger partial charge in [-0.15, -0.1) is 24.0 Å². The van der Waals surface area contributed by atoms with Crippen LogP contribution in [0.1, 0.15) is 30.6 Å². The van der Waals surface area contributed by atoms with E-state index in [9.17, 15) is 0 Å². The zero-order valence-electron chi connectivity index (χ0n) is 19.8. The molecular weight excluding hydrogens is 533 g/mol. The Morgan fingerprint density at radius 2 is 2.06 bits per heavy atom. The minimum absolute atomic E-state index is 0. The molecule has 10 nitrogen and oxygen atoms in total. The van der Waals surface area contributed by atoms with E-state index in [2.05, 4.69) is 61.6 Å². The molecule has 0 aliphatic carbocycles. The first-order chi connectivity index (χ1) is 15.6. The molecule has 1 unspecified atom stereocenters. The van der Waals surface area contributed by atoms with Gasteiger partial charge in [-0.25, -0.2) is 19.6 Å². The number of nitrogens with one attached hydrogen (secondary N) is 2. The highest BCUT2D eigenvalue weighted by Crippen LogP contribution is 2.15. The molecule has 0 radical (unpaired) electrons. The fraction of sp³-hybridized carbons (Fsp3) is 0.636. The Morgan fingerprint density at radius 1 is 1.24 bits per heavy atom. The number of nitrogens with zero attached hydrogens (tertiary/aromatic N) is 7. The molecule has 33 heavy (non-hydrogen) atoms. The quantitative estimate of drug-likeness (QED) is 0.293. The maximum absolute atomic E-state index is 5.16. The summed E-state index contributed by atoms with van der Waals surface area (Å²) in [5.41, 5.74) is 1.10. The van der Waals surface area contributed by atoms with Crippen LogP contribution in [0.3, 0.4) is 0 Å². The molecule has 182 valence electrons. The molecule has 4 rings (SSSR count). The van der Waals surface area contributed by atoms with Gasteiger partial charge in [-0.3, -0.25) is 0 Å². The van der Waals surface area contributed by atoms with Crippen molar-refractivity contribution in [3.8, 4) is 0 Å². The van der Waals surface area contributed by atoms with Crippen LogP contribution < -0.4 is 15.5 Å². The third-order valence-electron chi connectivity index (χ3n) is 5.92. The zero-order chi connectivity index (χ0) is 22.3. The summed E-state index contributed by atoms with van der Waals surface area (Å²) in [5.74, 6) is 3.65. The lowest BCUT2D eigenvalue weighted by atomic mass is 10.1. The number of ether oxygens (including phenoxy) is 1. The highest BCUT2D eigenvalue weighted by molar-refractivity contribution is 14.0. The number of fused-ring (bicyclic) bond motifs is 1. The van der Waals surface area contributed by atoms with E-state index in [1.54, 1.807) is 7.11 Å². The Balaban J connectivity index is 0.00000306. The van der Waals surface area contributed by atoms with Gasteiger partial charge in [-0.05, 0) is 32.0 Å². The fourth-order valence-electron chi connectivity index (χ4n) is 4.09. The van der Waals surface area contributed by atoms with Crippen LogP contribution in [0.4, 0.5) is 5.82 Å². The minimum atomic E-state index is 0. The molecule has 2 N–H and O–H groups in total. The zero-order valence-corrected chi connectivity index (χ0v) is 22.2. The summed E-state index contributed by atoms with van der Waals surface area (Å²) in [6.45, 7) is 8.91. The van der Waals surface area contributed by atoms with Crippen LogP contribution in [-0.4, -0.2) is 83.5 Å². The Morgan fingerprint density at radius 3 is 2.76 bits per heavy atom. The summed E-state index contributed by atoms with van der Waals surface area (Å²) in [7, 11) is 3.83. The molecule has 0 bridgehead atoms. The van der Waals surface area contributed by atoms with Crippen LogP contribution in [0, 0.1) is 0 Å². The van der Waals surface area contributed by atoms with Gasteiger partial charge >= 0.3 is 0 Å². The van der Waals surface area contributed by atoms with Gasteiger partial charge in [0.1, 0.15) is 18.2 Å². The van der Waals surface area contributed by atoms with E-state index in [0.717, 1.165) is 81.1 Å². The number of hydrogen-bond donors (Lipinski definition) is 2. The summed E-state index contributed by atoms with van der Waals surface area (Å²) in [6, 6.07) is 4.50. The number of aromatic nitrogens is 4. The molecule has 2 aromatic rings. The molecule has 11 heteroatoms. The Bertz CT molecular complexity index is 894. The molecule has 0 aromatic carbocycles. The van der Waals surface area contributed by atoms with Gasteiger partial charge in [0.05, 0.1) is 13.1 Å². The van der Waals surface area contributed by atoms with Crippen LogP contribution in [-0.2, 0) is 30.9 Å². The predicted octanol–water partition coefficient (Wildman–Crippen LogP) is 1.26. The minimum Gasteiger partial charge on any atom is -0.377 e. The van der Waals surface area contributed by atoms with Gasteiger partial charge in [-0.2, -0.15) is 5.10 Å². The number of piperazine rings is 1. The summed E-state index contributed by atoms with van der Waals surface area (Å²) in [5, 5.41) is 11.5. The lowest BCUT2D eigenvalue weighted by Crippen LogP contribution is -2.47. The molecule has 2 aliphatic heterocycles. The topological polar surface area (TPSA) is 95.7 Å². The number of halogens is 1. The largest absolute Gasteiger partial charge is 0.377 e. The standard InChI is InChI=1S/C22H35N9O.HI/c1-4-23-22(26-18-6-8-21-27-19(16-32-3)28-31(21)15-18)25-14-17-5-7-20(24-13-17)30-11-9-29(2)10-12-30;/h5,7,13,18H,4,6,8-12,14-16H2,1-3H3,(H2,23,25,26);1H. The van der Waals surface area contributed by atoms with Crippen molar-refractivity contribution in [1.82, 2.24) is 35.3 Å². The van der Waals surface area contributed by atoms with Crippen molar-refractivity contribution in [2.45, 2.75) is 45.5 Å². The number of rotatable bonds is 7. The van der Waals surface area contributed by atoms with Gasteiger partial charge in [-0.1, -0.05) is 6.07 Å². The molecule has 0 saturated carbocycles. The maximum Gasteiger partial charge on any atom is 0.191 e. The second-order valence-corrected chi connectivity index (χ2v) is 8.45. The number of anilines is 1. The number of hydrogen-bond acceptors (Lipinski definition) is 7. The lowest BCUT2D eigenvalue weighted by molar-refractivity contribution is 0.177. The van der Waals surface area contributed by atoms with Crippen LogP contribution in [0.5, 0.6) is 0 Å². The van der Waals surface area contributed by atoms with Crippen molar-refractivity contribution in [2.24, 2.45) is 4.99 Å². The van der Waals surface area contributed by atoms with Crippen LogP contribution >= 0.6 is 24.0 Å². The molecule has 2 aromatic heterocycles. The second-order valence-electron chi connectivity index (χ2n) is 8.45. The third-order valence-corrected chi connectivity index (χ3v) is 5.92. The van der Waals surface area contributed by atoms with E-state index >= 15 is 0 Å². The number of aryl methyl sites for hydroxylation is 1. The van der Waals surface area contributed by atoms with Gasteiger partial charge in [0.25, 0.3) is 0 Å². The van der Waals surface area contributed by atoms with Gasteiger partial charge in [0.15, 0.2) is 11.8 Å². The maximum atomic E-state index is 5.16. The smallest absolute Gasteiger partial charge is 0.191 e. The van der Waals surface area contributed by atoms with Crippen molar-refractivity contribution in [2.75, 3.05) is 51.8 Å². The SMILES string of the molecule is CCNC(=NCc1ccc(N2CCN(C)CC2)nc1)NC1CCc2nc(COC)nn2C1.I. The number of methoxy groups -OCH3 is 1. The molecule has 1 saturated heterocycles.